The number of furan rings is 1. The minimum Gasteiger partial charge on any atom is -0.461 e. The van der Waals surface area contributed by atoms with Crippen LogP contribution in [0.15, 0.2) is 53.1 Å². The van der Waals surface area contributed by atoms with Gasteiger partial charge in [0.05, 0.1) is 5.56 Å². The van der Waals surface area contributed by atoms with Gasteiger partial charge in [-0.25, -0.2) is 0 Å². The quantitative estimate of drug-likeness (QED) is 0.768. The summed E-state index contributed by atoms with van der Waals surface area (Å²) in [4.78, 5) is 15.4. The van der Waals surface area contributed by atoms with Crippen LogP contribution in [0.3, 0.4) is 0 Å². The molecule has 2 aromatic heterocycles. The molecule has 0 fully saturated rings. The molecular formula is C18H15F3N2O2. The van der Waals surface area contributed by atoms with Crippen LogP contribution in [0.4, 0.5) is 13.2 Å². The zero-order valence-electron chi connectivity index (χ0n) is 13.3. The third-order valence-corrected chi connectivity index (χ3v) is 3.68. The number of rotatable bonds is 4. The van der Waals surface area contributed by atoms with Crippen molar-refractivity contribution in [2.75, 3.05) is 0 Å². The maximum Gasteiger partial charge on any atom is 0.433 e. The smallest absolute Gasteiger partial charge is 0.433 e. The summed E-state index contributed by atoms with van der Waals surface area (Å²) in [7, 11) is 0. The maximum absolute atomic E-state index is 12.5. The van der Waals surface area contributed by atoms with Gasteiger partial charge in [0.1, 0.15) is 17.0 Å². The molecule has 0 radical (unpaired) electrons. The number of hydrogen-bond acceptors (Lipinski definition) is 3. The van der Waals surface area contributed by atoms with Gasteiger partial charge in [0.15, 0.2) is 0 Å². The number of nitrogens with zero attached hydrogens (tertiary/aromatic N) is 1. The second kappa shape index (κ2) is 6.58. The number of aromatic nitrogens is 1. The summed E-state index contributed by atoms with van der Waals surface area (Å²) in [5.41, 5.74) is -0.188. The molecular weight excluding hydrogens is 333 g/mol. The number of nitrogens with one attached hydrogen (secondary N) is 1. The van der Waals surface area contributed by atoms with Crippen LogP contribution in [-0.2, 0) is 12.6 Å². The Balaban J connectivity index is 1.63. The number of para-hydroxylation sites is 1. The Labute approximate surface area is 141 Å². The first-order valence-electron chi connectivity index (χ1n) is 7.64. The monoisotopic (exact) mass is 348 g/mol. The van der Waals surface area contributed by atoms with Crippen LogP contribution in [0.25, 0.3) is 11.0 Å². The van der Waals surface area contributed by atoms with Gasteiger partial charge in [0.25, 0.3) is 5.91 Å². The van der Waals surface area contributed by atoms with E-state index in [1.807, 2.05) is 30.3 Å². The van der Waals surface area contributed by atoms with Gasteiger partial charge in [-0.05, 0) is 31.2 Å². The van der Waals surface area contributed by atoms with Crippen molar-refractivity contribution in [3.05, 3.63) is 65.7 Å². The molecule has 0 aliphatic rings. The molecule has 1 aromatic carbocycles. The largest absolute Gasteiger partial charge is 0.461 e. The molecule has 1 N–H and O–H groups in total. The fraction of sp³-hybridized carbons (Fsp3) is 0.222. The van der Waals surface area contributed by atoms with Crippen LogP contribution in [0.5, 0.6) is 0 Å². The van der Waals surface area contributed by atoms with Crippen LogP contribution >= 0.6 is 0 Å². The van der Waals surface area contributed by atoms with Crippen LogP contribution < -0.4 is 5.32 Å². The summed E-state index contributed by atoms with van der Waals surface area (Å²) >= 11 is 0. The van der Waals surface area contributed by atoms with Gasteiger partial charge in [-0.2, -0.15) is 13.2 Å². The summed E-state index contributed by atoms with van der Waals surface area (Å²) in [6.07, 6.45) is -3.13. The number of carbonyl (C=O) groups is 1. The van der Waals surface area contributed by atoms with Crippen molar-refractivity contribution >= 4 is 16.9 Å². The first-order valence-corrected chi connectivity index (χ1v) is 7.64. The molecule has 25 heavy (non-hydrogen) atoms. The summed E-state index contributed by atoms with van der Waals surface area (Å²) in [5, 5.41) is 3.70. The highest BCUT2D eigenvalue weighted by atomic mass is 19.4. The van der Waals surface area contributed by atoms with E-state index in [9.17, 15) is 18.0 Å². The standard InChI is InChI=1S/C18H15F3N2O2/c1-11(8-14-9-12-4-2-3-5-15(12)25-14)23-17(24)13-6-7-16(22-10-13)18(19,20)21/h2-7,9-11H,8H2,1H3,(H,23,24)/t11-/m0/s1. The molecule has 3 rings (SSSR count). The number of alkyl halides is 3. The van der Waals surface area contributed by atoms with Crippen molar-refractivity contribution in [3.63, 3.8) is 0 Å². The van der Waals surface area contributed by atoms with Crippen molar-refractivity contribution in [2.24, 2.45) is 0 Å². The fourth-order valence-corrected chi connectivity index (χ4v) is 2.49. The molecule has 0 spiro atoms. The van der Waals surface area contributed by atoms with E-state index in [2.05, 4.69) is 10.3 Å². The second-order valence-corrected chi connectivity index (χ2v) is 5.76. The molecule has 0 saturated heterocycles. The molecule has 0 saturated carbocycles. The highest BCUT2D eigenvalue weighted by Crippen LogP contribution is 2.27. The van der Waals surface area contributed by atoms with E-state index in [0.717, 1.165) is 35.1 Å². The van der Waals surface area contributed by atoms with E-state index in [1.54, 1.807) is 6.92 Å². The lowest BCUT2D eigenvalue weighted by Crippen LogP contribution is -2.34. The van der Waals surface area contributed by atoms with Gasteiger partial charge in [0, 0.05) is 24.0 Å². The number of amides is 1. The minimum absolute atomic E-state index is 0.0736. The van der Waals surface area contributed by atoms with Gasteiger partial charge in [-0.1, -0.05) is 18.2 Å². The lowest BCUT2D eigenvalue weighted by Gasteiger charge is -2.13. The first-order chi connectivity index (χ1) is 11.8. The molecule has 3 aromatic rings. The molecule has 0 aliphatic carbocycles. The highest BCUT2D eigenvalue weighted by Gasteiger charge is 2.32. The highest BCUT2D eigenvalue weighted by molar-refractivity contribution is 5.94. The van der Waals surface area contributed by atoms with Crippen molar-refractivity contribution in [2.45, 2.75) is 25.6 Å². The number of carbonyl (C=O) groups excluding carboxylic acids is 1. The molecule has 1 atom stereocenters. The normalized spacial score (nSPS) is 13.0. The summed E-state index contributed by atoms with van der Waals surface area (Å²) < 4.78 is 43.2. The second-order valence-electron chi connectivity index (χ2n) is 5.76. The molecule has 2 heterocycles. The zero-order chi connectivity index (χ0) is 18.0. The van der Waals surface area contributed by atoms with E-state index < -0.39 is 17.8 Å². The van der Waals surface area contributed by atoms with Crippen molar-refractivity contribution < 1.29 is 22.4 Å². The van der Waals surface area contributed by atoms with E-state index in [1.165, 1.54) is 0 Å². The summed E-state index contributed by atoms with van der Waals surface area (Å²) in [5.74, 6) is 0.240. The average molecular weight is 348 g/mol. The van der Waals surface area contributed by atoms with Crippen LogP contribution in [0.1, 0.15) is 28.7 Å². The van der Waals surface area contributed by atoms with E-state index >= 15 is 0 Å². The van der Waals surface area contributed by atoms with E-state index in [0.29, 0.717) is 6.42 Å². The fourth-order valence-electron chi connectivity index (χ4n) is 2.49. The molecule has 4 nitrogen and oxygen atoms in total. The van der Waals surface area contributed by atoms with Gasteiger partial charge in [0.2, 0.25) is 0 Å². The minimum atomic E-state index is -4.52. The SMILES string of the molecule is C[C@@H](Cc1cc2ccccc2o1)NC(=O)c1ccc(C(F)(F)F)nc1. The predicted octanol–water partition coefficient (Wildman–Crippen LogP) is 4.21. The maximum atomic E-state index is 12.5. The van der Waals surface area contributed by atoms with Crippen LogP contribution in [0, 0.1) is 0 Å². The van der Waals surface area contributed by atoms with E-state index in [-0.39, 0.29) is 11.6 Å². The Hall–Kier alpha value is -2.83. The van der Waals surface area contributed by atoms with E-state index in [4.69, 9.17) is 4.42 Å². The topological polar surface area (TPSA) is 55.1 Å². The molecule has 0 unspecified atom stereocenters. The first kappa shape index (κ1) is 17.0. The van der Waals surface area contributed by atoms with Gasteiger partial charge in [-0.15, -0.1) is 0 Å². The predicted molar refractivity (Wildman–Crippen MR) is 86.1 cm³/mol. The van der Waals surface area contributed by atoms with Gasteiger partial charge in [-0.3, -0.25) is 9.78 Å². The Kier molecular flexibility index (Phi) is 4.48. The number of fused-ring (bicyclic) bond motifs is 1. The van der Waals surface area contributed by atoms with Crippen LogP contribution in [-0.4, -0.2) is 16.9 Å². The molecule has 0 bridgehead atoms. The van der Waals surface area contributed by atoms with Crippen molar-refractivity contribution in [1.82, 2.24) is 10.3 Å². The van der Waals surface area contributed by atoms with Crippen LogP contribution in [0.2, 0.25) is 0 Å². The number of halogens is 3. The molecule has 130 valence electrons. The lowest BCUT2D eigenvalue weighted by molar-refractivity contribution is -0.141. The summed E-state index contributed by atoms with van der Waals surface area (Å²) in [6, 6.07) is 11.1. The van der Waals surface area contributed by atoms with Crippen molar-refractivity contribution in [3.8, 4) is 0 Å². The summed E-state index contributed by atoms with van der Waals surface area (Å²) in [6.45, 7) is 1.79. The number of hydrogen-bond donors (Lipinski definition) is 1. The Bertz CT molecular complexity index is 852. The third kappa shape index (κ3) is 3.99. The molecule has 7 heteroatoms. The van der Waals surface area contributed by atoms with Gasteiger partial charge >= 0.3 is 6.18 Å². The average Bonchev–Trinajstić information content (AvgIpc) is 2.96. The molecule has 1 amide bonds. The number of benzene rings is 1. The molecule has 0 aliphatic heterocycles. The zero-order valence-corrected chi connectivity index (χ0v) is 13.3. The lowest BCUT2D eigenvalue weighted by atomic mass is 10.1. The third-order valence-electron chi connectivity index (χ3n) is 3.68. The van der Waals surface area contributed by atoms with Crippen molar-refractivity contribution in [1.29, 1.82) is 0 Å². The Morgan fingerprint density at radius 1 is 1.24 bits per heavy atom. The Morgan fingerprint density at radius 2 is 2.00 bits per heavy atom. The Morgan fingerprint density at radius 3 is 2.64 bits per heavy atom. The number of pyridine rings is 1. The van der Waals surface area contributed by atoms with Gasteiger partial charge < -0.3 is 9.73 Å².